The van der Waals surface area contributed by atoms with E-state index >= 15 is 0 Å². The van der Waals surface area contributed by atoms with Gasteiger partial charge in [0.15, 0.2) is 0 Å². The molecule has 0 spiro atoms. The van der Waals surface area contributed by atoms with Crippen LogP contribution in [0.15, 0.2) is 24.3 Å². The van der Waals surface area contributed by atoms with E-state index < -0.39 is 0 Å². The molecule has 0 amide bonds. The van der Waals surface area contributed by atoms with Gasteiger partial charge in [0.25, 0.3) is 0 Å². The van der Waals surface area contributed by atoms with Crippen molar-refractivity contribution in [3.8, 4) is 5.75 Å². The molecule has 2 unspecified atom stereocenters. The average molecular weight is 233 g/mol. The smallest absolute Gasteiger partial charge is 0.122 e. The van der Waals surface area contributed by atoms with Gasteiger partial charge >= 0.3 is 0 Å². The minimum atomic E-state index is 0.174. The highest BCUT2D eigenvalue weighted by atomic mass is 16.5. The van der Waals surface area contributed by atoms with E-state index in [2.05, 4.69) is 39.0 Å². The van der Waals surface area contributed by atoms with Crippen LogP contribution in [-0.2, 0) is 0 Å². The molecule has 2 N–H and O–H groups in total. The Morgan fingerprint density at radius 3 is 2.76 bits per heavy atom. The van der Waals surface area contributed by atoms with E-state index in [0.717, 1.165) is 25.2 Å². The SMILES string of the molecule is CC(C)(C)C(N)CC1CCOc2ccccc21. The third-order valence-electron chi connectivity index (χ3n) is 3.73. The van der Waals surface area contributed by atoms with E-state index in [1.54, 1.807) is 0 Å². The molecule has 2 atom stereocenters. The fourth-order valence-electron chi connectivity index (χ4n) is 2.32. The maximum absolute atomic E-state index is 6.30. The summed E-state index contributed by atoms with van der Waals surface area (Å²) in [5.74, 6) is 1.60. The average Bonchev–Trinajstić information content (AvgIpc) is 2.28. The Bertz CT molecular complexity index is 381. The Kier molecular flexibility index (Phi) is 3.43. The van der Waals surface area contributed by atoms with Crippen LogP contribution in [0.2, 0.25) is 0 Å². The van der Waals surface area contributed by atoms with Crippen LogP contribution in [-0.4, -0.2) is 12.6 Å². The lowest BCUT2D eigenvalue weighted by molar-refractivity contribution is 0.233. The van der Waals surface area contributed by atoms with Crippen LogP contribution in [0, 0.1) is 5.41 Å². The molecule has 0 fully saturated rings. The summed E-state index contributed by atoms with van der Waals surface area (Å²) in [5, 5.41) is 0. The summed E-state index contributed by atoms with van der Waals surface area (Å²) in [6.45, 7) is 7.45. The van der Waals surface area contributed by atoms with Gasteiger partial charge in [0, 0.05) is 6.04 Å². The van der Waals surface area contributed by atoms with Crippen molar-refractivity contribution < 1.29 is 4.74 Å². The normalized spacial score (nSPS) is 21.5. The second-order valence-electron chi connectivity index (χ2n) is 6.08. The molecule has 1 aromatic rings. The first-order valence-electron chi connectivity index (χ1n) is 6.46. The predicted octanol–water partition coefficient (Wildman–Crippen LogP) is 3.32. The van der Waals surface area contributed by atoms with Gasteiger partial charge in [-0.05, 0) is 35.8 Å². The van der Waals surface area contributed by atoms with Gasteiger partial charge in [-0.15, -0.1) is 0 Å². The molecule has 0 radical (unpaired) electrons. The van der Waals surface area contributed by atoms with Crippen molar-refractivity contribution in [2.75, 3.05) is 6.61 Å². The highest BCUT2D eigenvalue weighted by Crippen LogP contribution is 2.38. The zero-order valence-electron chi connectivity index (χ0n) is 11.1. The van der Waals surface area contributed by atoms with Gasteiger partial charge in [0.2, 0.25) is 0 Å². The lowest BCUT2D eigenvalue weighted by Crippen LogP contribution is -2.37. The van der Waals surface area contributed by atoms with Crippen LogP contribution in [0.1, 0.15) is 45.1 Å². The number of rotatable bonds is 2. The Morgan fingerprint density at radius 2 is 2.06 bits per heavy atom. The number of para-hydroxylation sites is 1. The van der Waals surface area contributed by atoms with Crippen LogP contribution >= 0.6 is 0 Å². The fraction of sp³-hybridized carbons (Fsp3) is 0.600. The molecule has 1 aliphatic heterocycles. The monoisotopic (exact) mass is 233 g/mol. The minimum absolute atomic E-state index is 0.174. The highest BCUT2D eigenvalue weighted by Gasteiger charge is 2.28. The van der Waals surface area contributed by atoms with Crippen LogP contribution in [0.4, 0.5) is 0 Å². The Balaban J connectivity index is 2.14. The second kappa shape index (κ2) is 4.69. The third-order valence-corrected chi connectivity index (χ3v) is 3.73. The van der Waals surface area contributed by atoms with E-state index in [4.69, 9.17) is 10.5 Å². The quantitative estimate of drug-likeness (QED) is 0.850. The van der Waals surface area contributed by atoms with Gasteiger partial charge in [-0.1, -0.05) is 39.0 Å². The number of hydrogen-bond acceptors (Lipinski definition) is 2. The molecule has 1 heterocycles. The van der Waals surface area contributed by atoms with Crippen LogP contribution in [0.5, 0.6) is 5.75 Å². The molecule has 94 valence electrons. The Morgan fingerprint density at radius 1 is 1.35 bits per heavy atom. The Hall–Kier alpha value is -1.02. The third kappa shape index (κ3) is 2.81. The molecule has 17 heavy (non-hydrogen) atoms. The topological polar surface area (TPSA) is 35.2 Å². The number of ether oxygens (including phenoxy) is 1. The summed E-state index contributed by atoms with van der Waals surface area (Å²) in [5.41, 5.74) is 7.80. The van der Waals surface area contributed by atoms with Gasteiger partial charge in [0.05, 0.1) is 6.61 Å². The molecule has 0 saturated heterocycles. The van der Waals surface area contributed by atoms with Crippen molar-refractivity contribution in [3.63, 3.8) is 0 Å². The molecular formula is C15H23NO. The zero-order valence-corrected chi connectivity index (χ0v) is 11.1. The summed E-state index contributed by atoms with van der Waals surface area (Å²) in [6.07, 6.45) is 2.13. The summed E-state index contributed by atoms with van der Waals surface area (Å²) in [7, 11) is 0. The van der Waals surface area contributed by atoms with E-state index in [-0.39, 0.29) is 11.5 Å². The van der Waals surface area contributed by atoms with Gasteiger partial charge in [-0.3, -0.25) is 0 Å². The molecule has 0 bridgehead atoms. The van der Waals surface area contributed by atoms with Crippen molar-refractivity contribution in [2.45, 2.75) is 45.6 Å². The molecule has 1 aliphatic rings. The molecule has 0 saturated carbocycles. The molecular weight excluding hydrogens is 210 g/mol. The summed E-state index contributed by atoms with van der Waals surface area (Å²) >= 11 is 0. The number of benzene rings is 1. The molecule has 0 aromatic heterocycles. The maximum atomic E-state index is 6.30. The van der Waals surface area contributed by atoms with E-state index in [1.807, 2.05) is 6.07 Å². The van der Waals surface area contributed by atoms with Crippen LogP contribution < -0.4 is 10.5 Å². The van der Waals surface area contributed by atoms with E-state index in [1.165, 1.54) is 5.56 Å². The molecule has 2 rings (SSSR count). The predicted molar refractivity (Wildman–Crippen MR) is 71.3 cm³/mol. The van der Waals surface area contributed by atoms with E-state index in [9.17, 15) is 0 Å². The Labute approximate surface area is 104 Å². The molecule has 2 nitrogen and oxygen atoms in total. The first-order chi connectivity index (χ1) is 7.98. The number of nitrogens with two attached hydrogens (primary N) is 1. The van der Waals surface area contributed by atoms with Crippen molar-refractivity contribution in [1.29, 1.82) is 0 Å². The van der Waals surface area contributed by atoms with Gasteiger partial charge in [0.1, 0.15) is 5.75 Å². The summed E-state index contributed by atoms with van der Waals surface area (Å²) < 4.78 is 5.68. The minimum Gasteiger partial charge on any atom is -0.493 e. The molecule has 0 aliphatic carbocycles. The second-order valence-corrected chi connectivity index (χ2v) is 6.08. The summed E-state index contributed by atoms with van der Waals surface area (Å²) in [4.78, 5) is 0. The highest BCUT2D eigenvalue weighted by molar-refractivity contribution is 5.37. The maximum Gasteiger partial charge on any atom is 0.122 e. The van der Waals surface area contributed by atoms with Crippen LogP contribution in [0.25, 0.3) is 0 Å². The summed E-state index contributed by atoms with van der Waals surface area (Å²) in [6, 6.07) is 8.59. The first-order valence-corrected chi connectivity index (χ1v) is 6.46. The van der Waals surface area contributed by atoms with Crippen molar-refractivity contribution in [2.24, 2.45) is 11.1 Å². The van der Waals surface area contributed by atoms with E-state index in [0.29, 0.717) is 5.92 Å². The van der Waals surface area contributed by atoms with Crippen LogP contribution in [0.3, 0.4) is 0 Å². The van der Waals surface area contributed by atoms with Crippen molar-refractivity contribution in [3.05, 3.63) is 29.8 Å². The van der Waals surface area contributed by atoms with Crippen molar-refractivity contribution in [1.82, 2.24) is 0 Å². The number of fused-ring (bicyclic) bond motifs is 1. The number of hydrogen-bond donors (Lipinski definition) is 1. The zero-order chi connectivity index (χ0) is 12.5. The van der Waals surface area contributed by atoms with Crippen molar-refractivity contribution >= 4 is 0 Å². The lowest BCUT2D eigenvalue weighted by Gasteiger charge is -2.33. The molecule has 2 heteroatoms. The largest absolute Gasteiger partial charge is 0.493 e. The lowest BCUT2D eigenvalue weighted by atomic mass is 9.78. The first kappa shape index (κ1) is 12.4. The van der Waals surface area contributed by atoms with Gasteiger partial charge in [-0.25, -0.2) is 0 Å². The molecule has 1 aromatic carbocycles. The van der Waals surface area contributed by atoms with Gasteiger partial charge < -0.3 is 10.5 Å². The fourth-order valence-corrected chi connectivity index (χ4v) is 2.32. The standard InChI is InChI=1S/C15H23NO/c1-15(2,3)14(16)10-11-8-9-17-13-7-5-4-6-12(11)13/h4-7,11,14H,8-10,16H2,1-3H3. The van der Waals surface area contributed by atoms with Gasteiger partial charge in [-0.2, -0.15) is 0 Å².